The normalized spacial score (nSPS) is 15.8. The number of fused-ring (bicyclic) bond motifs is 2. The zero-order valence-corrected chi connectivity index (χ0v) is 12.7. The van der Waals surface area contributed by atoms with Gasteiger partial charge in [-0.05, 0) is 18.2 Å². The van der Waals surface area contributed by atoms with Gasteiger partial charge in [-0.2, -0.15) is 0 Å². The van der Waals surface area contributed by atoms with E-state index in [1.165, 1.54) is 0 Å². The second kappa shape index (κ2) is 5.77. The summed E-state index contributed by atoms with van der Waals surface area (Å²) in [6, 6.07) is 16.7. The summed E-state index contributed by atoms with van der Waals surface area (Å²) >= 11 is 0. The molecule has 1 atom stereocenters. The van der Waals surface area contributed by atoms with Crippen LogP contribution in [0.4, 0.5) is 5.69 Å². The number of nitrogens with one attached hydrogen (secondary N) is 1. The molecule has 5 nitrogen and oxygen atoms in total. The third-order valence-electron chi connectivity index (χ3n) is 4.02. The lowest BCUT2D eigenvalue weighted by Gasteiger charge is -2.11. The minimum absolute atomic E-state index is 0.0789. The van der Waals surface area contributed by atoms with Gasteiger partial charge in [0.1, 0.15) is 6.10 Å². The molecule has 1 amide bonds. The number of cyclic esters (lactones) is 1. The summed E-state index contributed by atoms with van der Waals surface area (Å²) in [7, 11) is 0. The van der Waals surface area contributed by atoms with E-state index in [0.717, 1.165) is 16.5 Å². The zero-order valence-electron chi connectivity index (χ0n) is 12.7. The van der Waals surface area contributed by atoms with Crippen LogP contribution >= 0.6 is 0 Å². The third kappa shape index (κ3) is 2.60. The molecule has 1 aliphatic heterocycles. The van der Waals surface area contributed by atoms with Gasteiger partial charge in [-0.1, -0.05) is 36.4 Å². The quantitative estimate of drug-likeness (QED) is 0.751. The number of hydrogen-bond acceptors (Lipinski definition) is 4. The summed E-state index contributed by atoms with van der Waals surface area (Å²) < 4.78 is 5.29. The van der Waals surface area contributed by atoms with Gasteiger partial charge >= 0.3 is 5.97 Å². The van der Waals surface area contributed by atoms with Gasteiger partial charge in [0.25, 0.3) is 0 Å². The highest BCUT2D eigenvalue weighted by Gasteiger charge is 2.32. The van der Waals surface area contributed by atoms with Crippen LogP contribution in [0.2, 0.25) is 0 Å². The molecule has 0 fully saturated rings. The predicted octanol–water partition coefficient (Wildman–Crippen LogP) is 3.48. The molecule has 0 spiro atoms. The van der Waals surface area contributed by atoms with Crippen LogP contribution in [-0.4, -0.2) is 16.9 Å². The fraction of sp³-hybridized carbons (Fsp3) is 0.105. The number of amides is 1. The van der Waals surface area contributed by atoms with Crippen LogP contribution in [0.5, 0.6) is 0 Å². The summed E-state index contributed by atoms with van der Waals surface area (Å²) in [4.78, 5) is 28.4. The molecule has 0 saturated carbocycles. The Hall–Kier alpha value is -3.21. The Balaban J connectivity index is 1.50. The first-order chi connectivity index (χ1) is 11.7. The summed E-state index contributed by atoms with van der Waals surface area (Å²) in [6.07, 6.45) is 1.16. The Labute approximate surface area is 138 Å². The fourth-order valence-electron chi connectivity index (χ4n) is 2.89. The average molecular weight is 318 g/mol. The molecule has 1 aliphatic rings. The lowest BCUT2D eigenvalue weighted by atomic mass is 10.0. The van der Waals surface area contributed by atoms with E-state index in [1.807, 2.05) is 42.5 Å². The van der Waals surface area contributed by atoms with Gasteiger partial charge in [0.05, 0.1) is 29.4 Å². The SMILES string of the molecule is O=C(C[C@@H]1OC(=O)c2ccccc21)Nc1cnc2ccccc2c1. The molecule has 2 heterocycles. The van der Waals surface area contributed by atoms with Crippen LogP contribution in [0.3, 0.4) is 0 Å². The standard InChI is InChI=1S/C19H14N2O3/c22-18(10-17-14-6-2-3-7-15(14)19(23)24-17)21-13-9-12-5-1-4-8-16(12)20-11-13/h1-9,11,17H,10H2,(H,21,22)/t17-/m0/s1. The van der Waals surface area contributed by atoms with Crippen LogP contribution in [0.25, 0.3) is 10.9 Å². The highest BCUT2D eigenvalue weighted by molar-refractivity contribution is 5.97. The van der Waals surface area contributed by atoms with E-state index in [-0.39, 0.29) is 18.3 Å². The van der Waals surface area contributed by atoms with Gasteiger partial charge in [-0.15, -0.1) is 0 Å². The van der Waals surface area contributed by atoms with Crippen molar-refractivity contribution in [3.8, 4) is 0 Å². The van der Waals surface area contributed by atoms with Crippen molar-refractivity contribution in [3.63, 3.8) is 0 Å². The summed E-state index contributed by atoms with van der Waals surface area (Å²) in [5.74, 6) is -0.600. The van der Waals surface area contributed by atoms with Gasteiger partial charge in [0, 0.05) is 10.9 Å². The molecule has 0 bridgehead atoms. The lowest BCUT2D eigenvalue weighted by molar-refractivity contribution is -0.118. The van der Waals surface area contributed by atoms with Crippen molar-refractivity contribution in [1.29, 1.82) is 0 Å². The topological polar surface area (TPSA) is 68.3 Å². The Bertz CT molecular complexity index is 952. The van der Waals surface area contributed by atoms with Crippen LogP contribution in [0.15, 0.2) is 60.8 Å². The molecule has 5 heteroatoms. The number of benzene rings is 2. The molecule has 118 valence electrons. The van der Waals surface area contributed by atoms with Crippen molar-refractivity contribution >= 4 is 28.5 Å². The van der Waals surface area contributed by atoms with Crippen LogP contribution in [0.1, 0.15) is 28.4 Å². The lowest BCUT2D eigenvalue weighted by Crippen LogP contribution is -2.15. The van der Waals surface area contributed by atoms with E-state index in [0.29, 0.717) is 11.3 Å². The number of carbonyl (C=O) groups is 2. The van der Waals surface area contributed by atoms with E-state index >= 15 is 0 Å². The van der Waals surface area contributed by atoms with Gasteiger partial charge in [0.2, 0.25) is 5.91 Å². The van der Waals surface area contributed by atoms with Crippen LogP contribution < -0.4 is 5.32 Å². The number of para-hydroxylation sites is 1. The molecule has 3 aromatic rings. The second-order valence-electron chi connectivity index (χ2n) is 5.65. The van der Waals surface area contributed by atoms with E-state index in [9.17, 15) is 9.59 Å². The van der Waals surface area contributed by atoms with Crippen molar-refractivity contribution < 1.29 is 14.3 Å². The highest BCUT2D eigenvalue weighted by Crippen LogP contribution is 2.33. The summed E-state index contributed by atoms with van der Waals surface area (Å²) in [6.45, 7) is 0. The molecule has 0 unspecified atom stereocenters. The van der Waals surface area contributed by atoms with E-state index in [2.05, 4.69) is 10.3 Å². The molecule has 4 rings (SSSR count). The van der Waals surface area contributed by atoms with Crippen molar-refractivity contribution in [2.45, 2.75) is 12.5 Å². The van der Waals surface area contributed by atoms with Crippen LogP contribution in [0, 0.1) is 0 Å². The molecular weight excluding hydrogens is 304 g/mol. The highest BCUT2D eigenvalue weighted by atomic mass is 16.5. The van der Waals surface area contributed by atoms with Crippen molar-refractivity contribution in [2.24, 2.45) is 0 Å². The maximum Gasteiger partial charge on any atom is 0.339 e. The molecule has 1 N–H and O–H groups in total. The molecule has 24 heavy (non-hydrogen) atoms. The number of rotatable bonds is 3. The Morgan fingerprint density at radius 1 is 1.12 bits per heavy atom. The van der Waals surface area contributed by atoms with E-state index < -0.39 is 6.10 Å². The van der Waals surface area contributed by atoms with Gasteiger partial charge < -0.3 is 10.1 Å². The van der Waals surface area contributed by atoms with Crippen molar-refractivity contribution in [3.05, 3.63) is 71.9 Å². The first kappa shape index (κ1) is 14.4. The molecule has 2 aromatic carbocycles. The Kier molecular flexibility index (Phi) is 3.46. The first-order valence-electron chi connectivity index (χ1n) is 7.65. The first-order valence-corrected chi connectivity index (χ1v) is 7.65. The molecule has 1 aromatic heterocycles. The van der Waals surface area contributed by atoms with Crippen molar-refractivity contribution in [2.75, 3.05) is 5.32 Å². The minimum Gasteiger partial charge on any atom is -0.453 e. The minimum atomic E-state index is -0.540. The smallest absolute Gasteiger partial charge is 0.339 e. The summed E-state index contributed by atoms with van der Waals surface area (Å²) in [5.41, 5.74) is 2.78. The average Bonchev–Trinajstić information content (AvgIpc) is 2.91. The van der Waals surface area contributed by atoms with Gasteiger partial charge in [-0.25, -0.2) is 4.79 Å². The largest absolute Gasteiger partial charge is 0.453 e. The monoisotopic (exact) mass is 318 g/mol. The number of hydrogen-bond donors (Lipinski definition) is 1. The zero-order chi connectivity index (χ0) is 16.5. The molecule has 0 aliphatic carbocycles. The van der Waals surface area contributed by atoms with E-state index in [4.69, 9.17) is 4.74 Å². The Morgan fingerprint density at radius 2 is 1.92 bits per heavy atom. The number of anilines is 1. The van der Waals surface area contributed by atoms with Crippen LogP contribution in [-0.2, 0) is 9.53 Å². The Morgan fingerprint density at radius 3 is 2.83 bits per heavy atom. The van der Waals surface area contributed by atoms with E-state index in [1.54, 1.807) is 18.3 Å². The number of ether oxygens (including phenoxy) is 1. The maximum atomic E-state index is 12.3. The number of carbonyl (C=O) groups excluding carboxylic acids is 2. The maximum absolute atomic E-state index is 12.3. The number of aromatic nitrogens is 1. The predicted molar refractivity (Wildman–Crippen MR) is 89.6 cm³/mol. The molecule has 0 saturated heterocycles. The van der Waals surface area contributed by atoms with Crippen molar-refractivity contribution in [1.82, 2.24) is 4.98 Å². The number of pyridine rings is 1. The number of esters is 1. The molecular formula is C19H14N2O3. The summed E-state index contributed by atoms with van der Waals surface area (Å²) in [5, 5.41) is 3.77. The van der Waals surface area contributed by atoms with Gasteiger partial charge in [-0.3, -0.25) is 9.78 Å². The molecule has 0 radical (unpaired) electrons. The fourth-order valence-corrected chi connectivity index (χ4v) is 2.89. The third-order valence-corrected chi connectivity index (χ3v) is 4.02. The number of nitrogens with zero attached hydrogens (tertiary/aromatic N) is 1. The second-order valence-corrected chi connectivity index (χ2v) is 5.65. The van der Waals surface area contributed by atoms with Gasteiger partial charge in [0.15, 0.2) is 0 Å².